The molecule has 0 radical (unpaired) electrons. The predicted molar refractivity (Wildman–Crippen MR) is 72.3 cm³/mol. The van der Waals surface area contributed by atoms with Crippen molar-refractivity contribution in [3.8, 4) is 0 Å². The molecule has 1 aromatic heterocycles. The topological polar surface area (TPSA) is 46.0 Å². The number of rotatable bonds is 5. The van der Waals surface area contributed by atoms with Crippen molar-refractivity contribution < 1.29 is 0 Å². The molecule has 1 aliphatic heterocycles. The van der Waals surface area contributed by atoms with E-state index in [2.05, 4.69) is 45.9 Å². The van der Waals surface area contributed by atoms with Crippen molar-refractivity contribution in [2.45, 2.75) is 39.3 Å². The first kappa shape index (κ1) is 13.5. The molecule has 0 amide bonds. The van der Waals surface area contributed by atoms with Crippen LogP contribution in [0.15, 0.2) is 6.33 Å². The molecule has 1 atom stereocenters. The number of nitrogens with one attached hydrogen (secondary N) is 1. The quantitative estimate of drug-likeness (QED) is 0.856. The highest BCUT2D eigenvalue weighted by Crippen LogP contribution is 2.13. The molecule has 0 bridgehead atoms. The minimum absolute atomic E-state index is 0.430. The van der Waals surface area contributed by atoms with Gasteiger partial charge in [0.1, 0.15) is 12.2 Å². The molecule has 2 heterocycles. The summed E-state index contributed by atoms with van der Waals surface area (Å²) in [7, 11) is 2.17. The van der Waals surface area contributed by atoms with E-state index in [1.54, 1.807) is 0 Å². The monoisotopic (exact) mass is 251 g/mol. The van der Waals surface area contributed by atoms with E-state index in [0.717, 1.165) is 31.4 Å². The van der Waals surface area contributed by atoms with E-state index in [1.165, 1.54) is 19.4 Å². The third kappa shape index (κ3) is 3.53. The second-order valence-electron chi connectivity index (χ2n) is 5.66. The van der Waals surface area contributed by atoms with Gasteiger partial charge in [-0.15, -0.1) is 10.2 Å². The van der Waals surface area contributed by atoms with Gasteiger partial charge in [0.15, 0.2) is 0 Å². The molecule has 1 fully saturated rings. The molecule has 0 aromatic carbocycles. The molecule has 0 unspecified atom stereocenters. The first-order valence-electron chi connectivity index (χ1n) is 6.94. The Morgan fingerprint density at radius 1 is 1.56 bits per heavy atom. The second kappa shape index (κ2) is 6.29. The highest BCUT2D eigenvalue weighted by Gasteiger charge is 2.16. The van der Waals surface area contributed by atoms with E-state index in [9.17, 15) is 0 Å². The van der Waals surface area contributed by atoms with Crippen LogP contribution in [0.2, 0.25) is 0 Å². The third-order valence-electron chi connectivity index (χ3n) is 3.58. The van der Waals surface area contributed by atoms with Gasteiger partial charge in [0.05, 0.1) is 6.54 Å². The molecular weight excluding hydrogens is 226 g/mol. The van der Waals surface area contributed by atoms with Crippen LogP contribution in [0.25, 0.3) is 0 Å². The molecule has 2 rings (SSSR count). The van der Waals surface area contributed by atoms with Crippen molar-refractivity contribution in [1.29, 1.82) is 0 Å². The van der Waals surface area contributed by atoms with E-state index in [0.29, 0.717) is 6.04 Å². The van der Waals surface area contributed by atoms with E-state index < -0.39 is 0 Å². The Morgan fingerprint density at radius 3 is 3.06 bits per heavy atom. The smallest absolute Gasteiger partial charge is 0.147 e. The minimum atomic E-state index is 0.430. The molecule has 18 heavy (non-hydrogen) atoms. The lowest BCUT2D eigenvalue weighted by atomic mass is 9.99. The fourth-order valence-corrected chi connectivity index (χ4v) is 2.64. The standard InChI is InChI=1S/C13H25N5/c1-11(2)18-10-15-16-13(18)9-17(3)8-12-5-4-6-14-7-12/h10-12,14H,4-9H2,1-3H3/t12-/m1/s1. The highest BCUT2D eigenvalue weighted by molar-refractivity contribution is 4.88. The number of hydrogen-bond acceptors (Lipinski definition) is 4. The van der Waals surface area contributed by atoms with Crippen molar-refractivity contribution in [1.82, 2.24) is 25.0 Å². The number of nitrogens with zero attached hydrogens (tertiary/aromatic N) is 4. The molecule has 5 nitrogen and oxygen atoms in total. The summed E-state index contributed by atoms with van der Waals surface area (Å²) in [4.78, 5) is 2.36. The third-order valence-corrected chi connectivity index (χ3v) is 3.58. The van der Waals surface area contributed by atoms with Crippen LogP contribution < -0.4 is 5.32 Å². The molecule has 5 heteroatoms. The van der Waals surface area contributed by atoms with Crippen LogP contribution in [-0.2, 0) is 6.54 Å². The summed E-state index contributed by atoms with van der Waals surface area (Å²) in [6.45, 7) is 8.69. The zero-order chi connectivity index (χ0) is 13.0. The average Bonchev–Trinajstić information content (AvgIpc) is 2.78. The summed E-state index contributed by atoms with van der Waals surface area (Å²) < 4.78 is 2.15. The van der Waals surface area contributed by atoms with Crippen molar-refractivity contribution in [2.24, 2.45) is 5.92 Å². The van der Waals surface area contributed by atoms with Gasteiger partial charge in [-0.05, 0) is 52.7 Å². The van der Waals surface area contributed by atoms with Crippen molar-refractivity contribution in [3.05, 3.63) is 12.2 Å². The van der Waals surface area contributed by atoms with Crippen molar-refractivity contribution in [2.75, 3.05) is 26.7 Å². The van der Waals surface area contributed by atoms with Crippen LogP contribution in [0.4, 0.5) is 0 Å². The van der Waals surface area contributed by atoms with Gasteiger partial charge >= 0.3 is 0 Å². The lowest BCUT2D eigenvalue weighted by Crippen LogP contribution is -2.37. The summed E-state index contributed by atoms with van der Waals surface area (Å²) in [5, 5.41) is 11.7. The first-order valence-corrected chi connectivity index (χ1v) is 6.94. The summed E-state index contributed by atoms with van der Waals surface area (Å²) in [6, 6.07) is 0.430. The molecule has 1 saturated heterocycles. The fourth-order valence-electron chi connectivity index (χ4n) is 2.64. The minimum Gasteiger partial charge on any atom is -0.316 e. The molecule has 1 N–H and O–H groups in total. The lowest BCUT2D eigenvalue weighted by Gasteiger charge is -2.27. The van der Waals surface area contributed by atoms with E-state index in [1.807, 2.05) is 6.33 Å². The molecule has 0 spiro atoms. The Hall–Kier alpha value is -0.940. The van der Waals surface area contributed by atoms with Crippen molar-refractivity contribution >= 4 is 0 Å². The fraction of sp³-hybridized carbons (Fsp3) is 0.846. The maximum Gasteiger partial charge on any atom is 0.147 e. The van der Waals surface area contributed by atoms with Gasteiger partial charge in [-0.2, -0.15) is 0 Å². The lowest BCUT2D eigenvalue weighted by molar-refractivity contribution is 0.230. The Balaban J connectivity index is 1.86. The molecule has 1 aromatic rings. The normalized spacial score (nSPS) is 20.8. The second-order valence-corrected chi connectivity index (χ2v) is 5.66. The first-order chi connectivity index (χ1) is 8.66. The molecule has 0 aliphatic carbocycles. The number of aromatic nitrogens is 3. The Kier molecular flexibility index (Phi) is 4.72. The van der Waals surface area contributed by atoms with Crippen LogP contribution in [0.5, 0.6) is 0 Å². The van der Waals surface area contributed by atoms with Crippen LogP contribution in [-0.4, -0.2) is 46.3 Å². The van der Waals surface area contributed by atoms with E-state index in [4.69, 9.17) is 0 Å². The Bertz CT molecular complexity index is 354. The Labute approximate surface area is 110 Å². The van der Waals surface area contributed by atoms with Gasteiger partial charge in [0, 0.05) is 12.6 Å². The Morgan fingerprint density at radius 2 is 2.39 bits per heavy atom. The van der Waals surface area contributed by atoms with Crippen LogP contribution >= 0.6 is 0 Å². The van der Waals surface area contributed by atoms with Crippen molar-refractivity contribution in [3.63, 3.8) is 0 Å². The van der Waals surface area contributed by atoms with E-state index >= 15 is 0 Å². The van der Waals surface area contributed by atoms with E-state index in [-0.39, 0.29) is 0 Å². The molecule has 0 saturated carbocycles. The summed E-state index contributed by atoms with van der Waals surface area (Å²) in [5.74, 6) is 1.84. The molecule has 102 valence electrons. The zero-order valence-corrected chi connectivity index (χ0v) is 11.8. The summed E-state index contributed by atoms with van der Waals surface area (Å²) in [6.07, 6.45) is 4.48. The zero-order valence-electron chi connectivity index (χ0n) is 11.8. The maximum atomic E-state index is 4.23. The molecular formula is C13H25N5. The SMILES string of the molecule is CC(C)n1cnnc1CN(C)C[C@@H]1CCCNC1. The maximum absolute atomic E-state index is 4.23. The van der Waals surface area contributed by atoms with Gasteiger partial charge in [0.2, 0.25) is 0 Å². The summed E-state index contributed by atoms with van der Waals surface area (Å²) in [5.41, 5.74) is 0. The van der Waals surface area contributed by atoms with Gasteiger partial charge in [-0.25, -0.2) is 0 Å². The number of hydrogen-bond donors (Lipinski definition) is 1. The van der Waals surface area contributed by atoms with Crippen LogP contribution in [0, 0.1) is 5.92 Å². The predicted octanol–water partition coefficient (Wildman–Crippen LogP) is 1.29. The van der Waals surface area contributed by atoms with Gasteiger partial charge in [-0.1, -0.05) is 0 Å². The van der Waals surface area contributed by atoms with Gasteiger partial charge in [-0.3, -0.25) is 4.90 Å². The number of piperidine rings is 1. The largest absolute Gasteiger partial charge is 0.316 e. The average molecular weight is 251 g/mol. The van der Waals surface area contributed by atoms with Crippen LogP contribution in [0.1, 0.15) is 38.6 Å². The van der Waals surface area contributed by atoms with Gasteiger partial charge in [0.25, 0.3) is 0 Å². The summed E-state index contributed by atoms with van der Waals surface area (Å²) >= 11 is 0. The van der Waals surface area contributed by atoms with Crippen LogP contribution in [0.3, 0.4) is 0 Å². The highest BCUT2D eigenvalue weighted by atomic mass is 15.3. The molecule has 1 aliphatic rings. The van der Waals surface area contributed by atoms with Gasteiger partial charge < -0.3 is 9.88 Å².